The van der Waals surface area contributed by atoms with Crippen LogP contribution in [-0.4, -0.2) is 68.6 Å². The van der Waals surface area contributed by atoms with Gasteiger partial charge in [0.1, 0.15) is 5.75 Å². The van der Waals surface area contributed by atoms with Crippen molar-refractivity contribution in [3.63, 3.8) is 0 Å². The molecule has 0 bridgehead atoms. The highest BCUT2D eigenvalue weighted by Gasteiger charge is 2.39. The normalized spacial score (nSPS) is 19.4. The van der Waals surface area contributed by atoms with Gasteiger partial charge >= 0.3 is 0 Å². The van der Waals surface area contributed by atoms with E-state index in [4.69, 9.17) is 16.3 Å². The third-order valence-electron chi connectivity index (χ3n) is 6.14. The zero-order valence-corrected chi connectivity index (χ0v) is 19.8. The molecule has 0 spiro atoms. The summed E-state index contributed by atoms with van der Waals surface area (Å²) < 4.78 is 5.43. The standard InChI is InChI=1S/C25H31ClN4O3/c1-2-33-22-9-7-20(8-10-22)30-24(31)18-23(25(30)32)27-11-4-12-28-13-15-29(16-14-28)21-6-3-5-19(26)17-21/h3,5-10,17,23,27H,2,4,11-16,18H2,1H3. The number of benzene rings is 2. The molecule has 0 aromatic heterocycles. The van der Waals surface area contributed by atoms with Crippen LogP contribution in [-0.2, 0) is 9.59 Å². The van der Waals surface area contributed by atoms with Crippen molar-refractivity contribution in [3.8, 4) is 5.75 Å². The quantitative estimate of drug-likeness (QED) is 0.448. The van der Waals surface area contributed by atoms with E-state index in [1.807, 2.05) is 25.1 Å². The van der Waals surface area contributed by atoms with E-state index in [0.29, 0.717) is 18.8 Å². The maximum absolute atomic E-state index is 12.8. The first-order chi connectivity index (χ1) is 16.0. The van der Waals surface area contributed by atoms with Crippen molar-refractivity contribution in [1.29, 1.82) is 0 Å². The Hall–Kier alpha value is -2.61. The van der Waals surface area contributed by atoms with Gasteiger partial charge < -0.3 is 15.0 Å². The van der Waals surface area contributed by atoms with E-state index >= 15 is 0 Å². The molecule has 1 unspecified atom stereocenters. The SMILES string of the molecule is CCOc1ccc(N2C(=O)CC(NCCCN3CCN(c4cccc(Cl)c4)CC3)C2=O)cc1. The van der Waals surface area contributed by atoms with Crippen LogP contribution in [0.25, 0.3) is 0 Å². The van der Waals surface area contributed by atoms with Crippen LogP contribution in [0.4, 0.5) is 11.4 Å². The molecule has 2 amide bonds. The maximum atomic E-state index is 12.8. The fraction of sp³-hybridized carbons (Fsp3) is 0.440. The number of ether oxygens (including phenoxy) is 1. The van der Waals surface area contributed by atoms with Crippen LogP contribution in [0.1, 0.15) is 19.8 Å². The molecule has 8 heteroatoms. The summed E-state index contributed by atoms with van der Waals surface area (Å²) in [6.45, 7) is 8.10. The molecular formula is C25H31ClN4O3. The van der Waals surface area contributed by atoms with Crippen LogP contribution in [0.2, 0.25) is 5.02 Å². The number of hydrogen-bond donors (Lipinski definition) is 1. The first kappa shape index (κ1) is 23.5. The van der Waals surface area contributed by atoms with Gasteiger partial charge in [0.05, 0.1) is 24.8 Å². The van der Waals surface area contributed by atoms with E-state index in [1.54, 1.807) is 24.3 Å². The van der Waals surface area contributed by atoms with Gasteiger partial charge in [0, 0.05) is 36.9 Å². The van der Waals surface area contributed by atoms with Crippen LogP contribution in [0, 0.1) is 0 Å². The highest BCUT2D eigenvalue weighted by Crippen LogP contribution is 2.25. The zero-order chi connectivity index (χ0) is 23.2. The molecule has 2 aliphatic rings. The summed E-state index contributed by atoms with van der Waals surface area (Å²) in [6, 6.07) is 14.6. The fourth-order valence-corrected chi connectivity index (χ4v) is 4.59. The molecule has 4 rings (SSSR count). The highest BCUT2D eigenvalue weighted by molar-refractivity contribution is 6.30. The predicted molar refractivity (Wildman–Crippen MR) is 131 cm³/mol. The molecule has 1 atom stereocenters. The molecule has 33 heavy (non-hydrogen) atoms. The number of imide groups is 1. The number of piperazine rings is 1. The Bertz CT molecular complexity index is 960. The summed E-state index contributed by atoms with van der Waals surface area (Å²) in [5.74, 6) is 0.376. The van der Waals surface area contributed by atoms with Gasteiger partial charge in [-0.05, 0) is 68.9 Å². The van der Waals surface area contributed by atoms with Gasteiger partial charge in [-0.15, -0.1) is 0 Å². The van der Waals surface area contributed by atoms with Crippen molar-refractivity contribution < 1.29 is 14.3 Å². The van der Waals surface area contributed by atoms with Gasteiger partial charge in [-0.25, -0.2) is 4.90 Å². The van der Waals surface area contributed by atoms with Crippen LogP contribution in [0.5, 0.6) is 5.75 Å². The smallest absolute Gasteiger partial charge is 0.251 e. The molecule has 7 nitrogen and oxygen atoms in total. The van der Waals surface area contributed by atoms with Gasteiger partial charge in [0.2, 0.25) is 5.91 Å². The number of amides is 2. The minimum atomic E-state index is -0.455. The summed E-state index contributed by atoms with van der Waals surface area (Å²) in [4.78, 5) is 31.4. The molecule has 2 aromatic carbocycles. The lowest BCUT2D eigenvalue weighted by Crippen LogP contribution is -2.47. The van der Waals surface area contributed by atoms with Crippen molar-refractivity contribution in [2.45, 2.75) is 25.8 Å². The largest absolute Gasteiger partial charge is 0.494 e. The van der Waals surface area contributed by atoms with Crippen molar-refractivity contribution in [2.75, 3.05) is 55.7 Å². The second-order valence-electron chi connectivity index (χ2n) is 8.37. The van der Waals surface area contributed by atoms with E-state index in [2.05, 4.69) is 21.2 Å². The van der Waals surface area contributed by atoms with Crippen LogP contribution in [0.15, 0.2) is 48.5 Å². The maximum Gasteiger partial charge on any atom is 0.251 e. The fourth-order valence-electron chi connectivity index (χ4n) is 4.40. The first-order valence-electron chi connectivity index (χ1n) is 11.6. The monoisotopic (exact) mass is 470 g/mol. The number of rotatable bonds is 9. The Morgan fingerprint density at radius 2 is 1.79 bits per heavy atom. The lowest BCUT2D eigenvalue weighted by Gasteiger charge is -2.36. The average molecular weight is 471 g/mol. The minimum absolute atomic E-state index is 0.168. The molecule has 0 saturated carbocycles. The lowest BCUT2D eigenvalue weighted by atomic mass is 10.2. The molecule has 0 aliphatic carbocycles. The second kappa shape index (κ2) is 11.0. The molecule has 2 saturated heterocycles. The van der Waals surface area contributed by atoms with E-state index in [0.717, 1.165) is 49.9 Å². The number of nitrogens with one attached hydrogen (secondary N) is 1. The first-order valence-corrected chi connectivity index (χ1v) is 12.0. The summed E-state index contributed by atoms with van der Waals surface area (Å²) in [5.41, 5.74) is 1.76. The lowest BCUT2D eigenvalue weighted by molar-refractivity contribution is -0.121. The van der Waals surface area contributed by atoms with Crippen molar-refractivity contribution >= 4 is 34.8 Å². The molecule has 2 aliphatic heterocycles. The Labute approximate surface area is 200 Å². The van der Waals surface area contributed by atoms with Gasteiger partial charge in [0.15, 0.2) is 0 Å². The van der Waals surface area contributed by atoms with E-state index in [9.17, 15) is 9.59 Å². The summed E-state index contributed by atoms with van der Waals surface area (Å²) in [7, 11) is 0. The Morgan fingerprint density at radius 3 is 2.48 bits per heavy atom. The third-order valence-corrected chi connectivity index (χ3v) is 6.38. The average Bonchev–Trinajstić information content (AvgIpc) is 3.11. The Balaban J connectivity index is 1.19. The highest BCUT2D eigenvalue weighted by atomic mass is 35.5. The van der Waals surface area contributed by atoms with Crippen LogP contribution >= 0.6 is 11.6 Å². The zero-order valence-electron chi connectivity index (χ0n) is 19.0. The van der Waals surface area contributed by atoms with Gasteiger partial charge in [-0.2, -0.15) is 0 Å². The molecule has 176 valence electrons. The Morgan fingerprint density at radius 1 is 1.03 bits per heavy atom. The number of nitrogens with zero attached hydrogens (tertiary/aromatic N) is 3. The predicted octanol–water partition coefficient (Wildman–Crippen LogP) is 3.17. The summed E-state index contributed by atoms with van der Waals surface area (Å²) >= 11 is 6.11. The van der Waals surface area contributed by atoms with Crippen molar-refractivity contribution in [2.24, 2.45) is 0 Å². The topological polar surface area (TPSA) is 65.1 Å². The van der Waals surface area contributed by atoms with Gasteiger partial charge in [-0.3, -0.25) is 14.5 Å². The van der Waals surface area contributed by atoms with E-state index in [-0.39, 0.29) is 18.2 Å². The summed E-state index contributed by atoms with van der Waals surface area (Å²) in [5, 5.41) is 4.05. The minimum Gasteiger partial charge on any atom is -0.494 e. The number of anilines is 2. The Kier molecular flexibility index (Phi) is 7.85. The van der Waals surface area contributed by atoms with Crippen LogP contribution in [0.3, 0.4) is 0 Å². The van der Waals surface area contributed by atoms with Crippen molar-refractivity contribution in [1.82, 2.24) is 10.2 Å². The molecule has 2 fully saturated rings. The molecule has 0 radical (unpaired) electrons. The molecular weight excluding hydrogens is 440 g/mol. The number of halogens is 1. The number of hydrogen-bond acceptors (Lipinski definition) is 6. The number of carbonyl (C=O) groups is 2. The van der Waals surface area contributed by atoms with Gasteiger partial charge in [0.25, 0.3) is 5.91 Å². The van der Waals surface area contributed by atoms with E-state index < -0.39 is 6.04 Å². The summed E-state index contributed by atoms with van der Waals surface area (Å²) in [6.07, 6.45) is 1.13. The third kappa shape index (κ3) is 5.85. The second-order valence-corrected chi connectivity index (χ2v) is 8.80. The molecule has 2 aromatic rings. The number of carbonyl (C=O) groups excluding carboxylic acids is 2. The van der Waals surface area contributed by atoms with Gasteiger partial charge in [-0.1, -0.05) is 17.7 Å². The molecule has 2 heterocycles. The van der Waals surface area contributed by atoms with Crippen LogP contribution < -0.4 is 19.9 Å². The van der Waals surface area contributed by atoms with E-state index in [1.165, 1.54) is 10.6 Å². The van der Waals surface area contributed by atoms with Crippen molar-refractivity contribution in [3.05, 3.63) is 53.6 Å². The molecule has 1 N–H and O–H groups in total.